The summed E-state index contributed by atoms with van der Waals surface area (Å²) < 4.78 is 14.1. The molecule has 0 saturated heterocycles. The molecule has 0 aliphatic heterocycles. The lowest BCUT2D eigenvalue weighted by Gasteiger charge is -2.09. The van der Waals surface area contributed by atoms with Crippen molar-refractivity contribution in [1.82, 2.24) is 15.0 Å². The fourth-order valence-electron chi connectivity index (χ4n) is 1.86. The quantitative estimate of drug-likeness (QED) is 0.903. The van der Waals surface area contributed by atoms with E-state index in [4.69, 9.17) is 0 Å². The molecule has 21 heavy (non-hydrogen) atoms. The van der Waals surface area contributed by atoms with Gasteiger partial charge in [0.1, 0.15) is 0 Å². The Morgan fingerprint density at radius 1 is 1.29 bits per heavy atom. The molecular weight excluding hydrogens is 273 g/mol. The van der Waals surface area contributed by atoms with Crippen LogP contribution < -0.4 is 10.6 Å². The predicted molar refractivity (Wildman–Crippen MR) is 77.8 cm³/mol. The van der Waals surface area contributed by atoms with E-state index in [0.29, 0.717) is 6.54 Å². The number of hydrogen-bond donors (Lipinski definition) is 2. The third kappa shape index (κ3) is 3.50. The molecule has 110 valence electrons. The number of amides is 1. The molecule has 2 rings (SSSR count). The van der Waals surface area contributed by atoms with Gasteiger partial charge in [-0.3, -0.25) is 10.1 Å². The topological polar surface area (TPSA) is 79.8 Å². The molecule has 0 aromatic carbocycles. The van der Waals surface area contributed by atoms with Gasteiger partial charge in [0.15, 0.2) is 11.6 Å². The fraction of sp³-hybridized carbons (Fsp3) is 0.286. The summed E-state index contributed by atoms with van der Waals surface area (Å²) in [5.41, 5.74) is 1.34. The van der Waals surface area contributed by atoms with Crippen LogP contribution in [0.1, 0.15) is 28.7 Å². The lowest BCUT2D eigenvalue weighted by molar-refractivity contribution is 0.102. The van der Waals surface area contributed by atoms with Gasteiger partial charge in [-0.15, -0.1) is 0 Å². The Bertz CT molecular complexity index is 654. The van der Waals surface area contributed by atoms with Crippen molar-refractivity contribution in [1.29, 1.82) is 0 Å². The Labute approximate surface area is 121 Å². The van der Waals surface area contributed by atoms with Gasteiger partial charge >= 0.3 is 0 Å². The Balaban J connectivity index is 2.26. The highest BCUT2D eigenvalue weighted by Crippen LogP contribution is 2.16. The number of rotatable bonds is 4. The number of carbonyl (C=O) groups is 1. The number of halogens is 1. The summed E-state index contributed by atoms with van der Waals surface area (Å²) in [7, 11) is 0. The highest BCUT2D eigenvalue weighted by atomic mass is 19.1. The maximum atomic E-state index is 14.1. The second-order valence-electron chi connectivity index (χ2n) is 4.48. The number of anilines is 2. The number of nitrogens with one attached hydrogen (secondary N) is 2. The van der Waals surface area contributed by atoms with Crippen LogP contribution in [0.5, 0.6) is 0 Å². The molecule has 0 aliphatic carbocycles. The van der Waals surface area contributed by atoms with Crippen molar-refractivity contribution in [2.24, 2.45) is 0 Å². The van der Waals surface area contributed by atoms with E-state index < -0.39 is 11.7 Å². The molecule has 2 N–H and O–H groups in total. The zero-order chi connectivity index (χ0) is 15.4. The lowest BCUT2D eigenvalue weighted by Crippen LogP contribution is -2.17. The van der Waals surface area contributed by atoms with E-state index in [1.807, 2.05) is 6.92 Å². The van der Waals surface area contributed by atoms with Gasteiger partial charge in [-0.05, 0) is 32.9 Å². The number of aromatic nitrogens is 3. The first-order valence-electron chi connectivity index (χ1n) is 6.53. The lowest BCUT2D eigenvalue weighted by atomic mass is 10.2. The number of nitrogens with zero attached hydrogens (tertiary/aromatic N) is 3. The van der Waals surface area contributed by atoms with Crippen LogP contribution >= 0.6 is 0 Å². The molecule has 1 amide bonds. The van der Waals surface area contributed by atoms with Crippen molar-refractivity contribution in [3.05, 3.63) is 41.1 Å². The minimum absolute atomic E-state index is 0.0477. The minimum Gasteiger partial charge on any atom is -0.368 e. The van der Waals surface area contributed by atoms with E-state index in [1.54, 1.807) is 19.9 Å². The molecule has 0 radical (unpaired) electrons. The van der Waals surface area contributed by atoms with Gasteiger partial charge in [0, 0.05) is 24.1 Å². The molecule has 0 spiro atoms. The van der Waals surface area contributed by atoms with Crippen LogP contribution in [0.2, 0.25) is 0 Å². The first-order valence-corrected chi connectivity index (χ1v) is 6.53. The first kappa shape index (κ1) is 14.8. The number of pyridine rings is 1. The van der Waals surface area contributed by atoms with E-state index in [1.165, 1.54) is 12.3 Å². The number of aryl methyl sites for hydroxylation is 2. The minimum atomic E-state index is -0.693. The van der Waals surface area contributed by atoms with Crippen molar-refractivity contribution >= 4 is 17.7 Å². The molecule has 0 bridgehead atoms. The zero-order valence-electron chi connectivity index (χ0n) is 12.1. The van der Waals surface area contributed by atoms with Crippen LogP contribution in [0.25, 0.3) is 0 Å². The first-order chi connectivity index (χ1) is 10.0. The molecule has 6 nitrogen and oxygen atoms in total. The average Bonchev–Trinajstić information content (AvgIpc) is 2.40. The van der Waals surface area contributed by atoms with Gasteiger partial charge in [-0.2, -0.15) is 0 Å². The highest BCUT2D eigenvalue weighted by molar-refractivity contribution is 6.04. The monoisotopic (exact) mass is 289 g/mol. The van der Waals surface area contributed by atoms with Gasteiger partial charge in [-0.25, -0.2) is 19.3 Å². The maximum Gasteiger partial charge on any atom is 0.261 e. The van der Waals surface area contributed by atoms with Crippen molar-refractivity contribution < 1.29 is 9.18 Å². The van der Waals surface area contributed by atoms with Crippen LogP contribution in [0.3, 0.4) is 0 Å². The smallest absolute Gasteiger partial charge is 0.261 e. The number of hydrogen-bond acceptors (Lipinski definition) is 5. The van der Waals surface area contributed by atoms with Crippen LogP contribution in [0.15, 0.2) is 18.3 Å². The third-order valence-electron chi connectivity index (χ3n) is 2.69. The molecule has 0 saturated carbocycles. The maximum absolute atomic E-state index is 14.1. The van der Waals surface area contributed by atoms with E-state index >= 15 is 0 Å². The Morgan fingerprint density at radius 3 is 2.57 bits per heavy atom. The summed E-state index contributed by atoms with van der Waals surface area (Å²) in [6, 6.07) is 3.10. The molecule has 0 atom stereocenters. The summed E-state index contributed by atoms with van der Waals surface area (Å²) in [5.74, 6) is -1.11. The van der Waals surface area contributed by atoms with Crippen LogP contribution in [-0.4, -0.2) is 27.4 Å². The van der Waals surface area contributed by atoms with Crippen molar-refractivity contribution in [2.45, 2.75) is 20.8 Å². The Morgan fingerprint density at radius 2 is 1.95 bits per heavy atom. The largest absolute Gasteiger partial charge is 0.368 e. The van der Waals surface area contributed by atoms with Gasteiger partial charge in [0.05, 0.1) is 5.56 Å². The van der Waals surface area contributed by atoms with Crippen molar-refractivity contribution in [3.8, 4) is 0 Å². The van der Waals surface area contributed by atoms with Gasteiger partial charge in [0.25, 0.3) is 5.91 Å². The molecule has 0 fully saturated rings. The van der Waals surface area contributed by atoms with Gasteiger partial charge < -0.3 is 5.32 Å². The summed E-state index contributed by atoms with van der Waals surface area (Å²) in [4.78, 5) is 24.2. The molecule has 0 aliphatic rings. The normalized spacial score (nSPS) is 10.3. The summed E-state index contributed by atoms with van der Waals surface area (Å²) in [6.07, 6.45) is 1.37. The van der Waals surface area contributed by atoms with Crippen LogP contribution in [0, 0.1) is 19.7 Å². The summed E-state index contributed by atoms with van der Waals surface area (Å²) in [5, 5.41) is 5.25. The summed E-state index contributed by atoms with van der Waals surface area (Å²) in [6.45, 7) is 5.91. The Kier molecular flexibility index (Phi) is 4.42. The van der Waals surface area contributed by atoms with Crippen molar-refractivity contribution in [2.75, 3.05) is 17.2 Å². The molecule has 2 heterocycles. The second kappa shape index (κ2) is 6.25. The molecule has 7 heteroatoms. The van der Waals surface area contributed by atoms with Crippen LogP contribution in [-0.2, 0) is 0 Å². The highest BCUT2D eigenvalue weighted by Gasteiger charge is 2.17. The van der Waals surface area contributed by atoms with E-state index in [0.717, 1.165) is 11.4 Å². The molecule has 0 unspecified atom stereocenters. The average molecular weight is 289 g/mol. The van der Waals surface area contributed by atoms with E-state index in [-0.39, 0.29) is 17.3 Å². The van der Waals surface area contributed by atoms with E-state index in [9.17, 15) is 9.18 Å². The fourth-order valence-corrected chi connectivity index (χ4v) is 1.86. The van der Waals surface area contributed by atoms with Crippen molar-refractivity contribution in [3.63, 3.8) is 0 Å². The third-order valence-corrected chi connectivity index (χ3v) is 2.69. The molecule has 2 aromatic heterocycles. The number of carbonyl (C=O) groups excluding carboxylic acids is 1. The standard InChI is InChI=1S/C14H16FN5O/c1-4-16-12-11(15)10(5-6-17-12)13(21)20-14-18-8(2)7-9(3)19-14/h5-7H,4H2,1-3H3,(H,16,17)(H,18,19,20,21). The molecular formula is C14H16FN5O. The van der Waals surface area contributed by atoms with Crippen LogP contribution in [0.4, 0.5) is 16.2 Å². The van der Waals surface area contributed by atoms with Gasteiger partial charge in [0.2, 0.25) is 5.95 Å². The predicted octanol–water partition coefficient (Wildman–Crippen LogP) is 2.31. The summed E-state index contributed by atoms with van der Waals surface area (Å²) >= 11 is 0. The zero-order valence-corrected chi connectivity index (χ0v) is 12.1. The molecule has 2 aromatic rings. The Hall–Kier alpha value is -2.57. The van der Waals surface area contributed by atoms with Gasteiger partial charge in [-0.1, -0.05) is 0 Å². The van der Waals surface area contributed by atoms with E-state index in [2.05, 4.69) is 25.6 Å². The second-order valence-corrected chi connectivity index (χ2v) is 4.48. The SMILES string of the molecule is CCNc1nccc(C(=O)Nc2nc(C)cc(C)n2)c1F.